The summed E-state index contributed by atoms with van der Waals surface area (Å²) in [5.41, 5.74) is 1.97. The van der Waals surface area contributed by atoms with Gasteiger partial charge in [0.1, 0.15) is 5.82 Å². The first-order chi connectivity index (χ1) is 17.0. The molecule has 2 N–H and O–H groups in total. The Labute approximate surface area is 206 Å². The van der Waals surface area contributed by atoms with E-state index in [4.69, 9.17) is 19.8 Å². The van der Waals surface area contributed by atoms with E-state index in [1.165, 1.54) is 0 Å². The number of aryl methyl sites for hydroxylation is 1. The van der Waals surface area contributed by atoms with Crippen LogP contribution in [0.3, 0.4) is 0 Å². The third kappa shape index (κ3) is 8.32. The second-order valence-electron chi connectivity index (χ2n) is 8.32. The van der Waals surface area contributed by atoms with Crippen LogP contribution in [0.4, 0.5) is 32.2 Å². The van der Waals surface area contributed by atoms with Crippen molar-refractivity contribution in [2.45, 2.75) is 25.7 Å². The molecule has 2 aromatic heterocycles. The van der Waals surface area contributed by atoms with Gasteiger partial charge >= 0.3 is 24.3 Å². The molecule has 4 rings (SSSR count). The molecule has 9 nitrogen and oxygen atoms in total. The van der Waals surface area contributed by atoms with Crippen LogP contribution in [0.25, 0.3) is 0 Å². The van der Waals surface area contributed by atoms with Crippen molar-refractivity contribution >= 4 is 23.7 Å². The van der Waals surface area contributed by atoms with Crippen molar-refractivity contribution in [3.63, 3.8) is 0 Å². The minimum absolute atomic E-state index is 0.0992. The van der Waals surface area contributed by atoms with E-state index >= 15 is 0 Å². The number of aromatic nitrogens is 2. The fraction of sp³-hybridized carbons (Fsp3) is 0.409. The lowest BCUT2D eigenvalue weighted by atomic mass is 9.79. The molecule has 1 spiro atoms. The average Bonchev–Trinajstić information content (AvgIpc) is 3.24. The van der Waals surface area contributed by atoms with Gasteiger partial charge in [-0.15, -0.1) is 0 Å². The number of likely N-dealkylation sites (tertiary alicyclic amines) is 1. The van der Waals surface area contributed by atoms with Crippen LogP contribution >= 0.6 is 0 Å². The predicted molar refractivity (Wildman–Crippen MR) is 116 cm³/mol. The minimum Gasteiger partial charge on any atom is -0.475 e. The number of halogens is 6. The van der Waals surface area contributed by atoms with Crippen LogP contribution in [0.15, 0.2) is 42.7 Å². The van der Waals surface area contributed by atoms with E-state index in [2.05, 4.69) is 27.0 Å². The molecule has 37 heavy (non-hydrogen) atoms. The maximum absolute atomic E-state index is 12.5. The number of pyridine rings is 2. The van der Waals surface area contributed by atoms with E-state index in [0.29, 0.717) is 5.56 Å². The molecule has 1 amide bonds. The van der Waals surface area contributed by atoms with E-state index in [9.17, 15) is 31.1 Å². The number of hydrogen-bond donors (Lipinski definition) is 2. The first kappa shape index (κ1) is 29.3. The Morgan fingerprint density at radius 1 is 0.919 bits per heavy atom. The molecule has 0 unspecified atom stereocenters. The maximum atomic E-state index is 12.5. The van der Waals surface area contributed by atoms with E-state index in [1.54, 1.807) is 12.4 Å². The van der Waals surface area contributed by atoms with Gasteiger partial charge in [0, 0.05) is 49.7 Å². The summed E-state index contributed by atoms with van der Waals surface area (Å²) in [5.74, 6) is -4.37. The molecule has 0 aliphatic carbocycles. The van der Waals surface area contributed by atoms with Gasteiger partial charge in [-0.2, -0.15) is 26.3 Å². The molecule has 0 atom stereocenters. The Morgan fingerprint density at radius 3 is 1.95 bits per heavy atom. The Hall–Kier alpha value is -3.91. The number of anilines is 1. The first-order valence-corrected chi connectivity index (χ1v) is 10.5. The summed E-state index contributed by atoms with van der Waals surface area (Å²) >= 11 is 0. The summed E-state index contributed by atoms with van der Waals surface area (Å²) in [5, 5.41) is 14.2. The van der Waals surface area contributed by atoms with Crippen molar-refractivity contribution in [2.75, 3.05) is 31.1 Å². The van der Waals surface area contributed by atoms with Gasteiger partial charge in [0.15, 0.2) is 0 Å². The van der Waals surface area contributed by atoms with Gasteiger partial charge in [0.05, 0.1) is 5.56 Å². The molecule has 2 aliphatic heterocycles. The van der Waals surface area contributed by atoms with Gasteiger partial charge in [0.25, 0.3) is 5.91 Å². The number of carbonyl (C=O) groups excluding carboxylic acids is 1. The van der Waals surface area contributed by atoms with E-state index in [-0.39, 0.29) is 11.3 Å². The van der Waals surface area contributed by atoms with Crippen molar-refractivity contribution in [1.82, 2.24) is 14.9 Å². The van der Waals surface area contributed by atoms with E-state index in [1.807, 2.05) is 30.0 Å². The molecule has 2 saturated heterocycles. The number of carboxylic acid groups (broad SMARTS) is 2. The van der Waals surface area contributed by atoms with Crippen molar-refractivity contribution in [3.8, 4) is 0 Å². The Balaban J connectivity index is 0.000000286. The molecule has 202 valence electrons. The quantitative estimate of drug-likeness (QED) is 0.560. The lowest BCUT2D eigenvalue weighted by molar-refractivity contribution is -0.193. The fourth-order valence-corrected chi connectivity index (χ4v) is 3.67. The second kappa shape index (κ2) is 11.4. The molecular formula is C22H22F6N4O5. The van der Waals surface area contributed by atoms with Crippen molar-refractivity contribution in [3.05, 3.63) is 54.0 Å². The lowest BCUT2D eigenvalue weighted by Crippen LogP contribution is -2.58. The van der Waals surface area contributed by atoms with Crippen LogP contribution in [-0.2, 0) is 9.59 Å². The first-order valence-electron chi connectivity index (χ1n) is 10.5. The molecule has 0 aromatic carbocycles. The molecule has 0 bridgehead atoms. The number of hydrogen-bond acceptors (Lipinski definition) is 6. The van der Waals surface area contributed by atoms with Gasteiger partial charge in [-0.3, -0.25) is 9.78 Å². The molecular weight excluding hydrogens is 514 g/mol. The normalized spacial score (nSPS) is 16.1. The largest absolute Gasteiger partial charge is 0.490 e. The monoisotopic (exact) mass is 536 g/mol. The lowest BCUT2D eigenvalue weighted by Gasteiger charge is -2.48. The fourth-order valence-electron chi connectivity index (χ4n) is 3.67. The Kier molecular flexibility index (Phi) is 9.06. The molecule has 0 radical (unpaired) electrons. The highest BCUT2D eigenvalue weighted by atomic mass is 19.4. The molecule has 15 heteroatoms. The number of alkyl halides is 6. The highest BCUT2D eigenvalue weighted by Crippen LogP contribution is 2.41. The highest BCUT2D eigenvalue weighted by Gasteiger charge is 2.49. The zero-order valence-electron chi connectivity index (χ0n) is 19.3. The third-order valence-electron chi connectivity index (χ3n) is 5.37. The van der Waals surface area contributed by atoms with Crippen LogP contribution in [-0.4, -0.2) is 81.5 Å². The van der Waals surface area contributed by atoms with Crippen LogP contribution in [0, 0.1) is 12.3 Å². The number of carbonyl (C=O) groups is 3. The third-order valence-corrected chi connectivity index (χ3v) is 5.37. The standard InChI is InChI=1S/C18H20N4O.2C2HF3O2/c1-14-4-2-6-16(20-14)22-12-18(13-22)7-9-21(11-18)17(23)15-5-3-8-19-10-15;2*3-2(4,5)1(6)7/h2-6,8,10H,7,9,11-13H2,1H3;2*(H,6,7). The average molecular weight is 536 g/mol. The highest BCUT2D eigenvalue weighted by molar-refractivity contribution is 5.94. The maximum Gasteiger partial charge on any atom is 0.490 e. The zero-order chi connectivity index (χ0) is 28.0. The molecule has 2 aromatic rings. The zero-order valence-corrected chi connectivity index (χ0v) is 19.3. The summed E-state index contributed by atoms with van der Waals surface area (Å²) in [6, 6.07) is 9.78. The van der Waals surface area contributed by atoms with Crippen LogP contribution in [0.1, 0.15) is 22.5 Å². The van der Waals surface area contributed by atoms with Gasteiger partial charge in [-0.25, -0.2) is 14.6 Å². The predicted octanol–water partition coefficient (Wildman–Crippen LogP) is 3.40. The van der Waals surface area contributed by atoms with Gasteiger partial charge < -0.3 is 20.0 Å². The smallest absolute Gasteiger partial charge is 0.475 e. The van der Waals surface area contributed by atoms with Crippen molar-refractivity contribution in [2.24, 2.45) is 5.41 Å². The summed E-state index contributed by atoms with van der Waals surface area (Å²) in [7, 11) is 0. The van der Waals surface area contributed by atoms with Crippen molar-refractivity contribution < 1.29 is 50.9 Å². The topological polar surface area (TPSA) is 124 Å². The van der Waals surface area contributed by atoms with Crippen LogP contribution < -0.4 is 4.90 Å². The Bertz CT molecular complexity index is 1080. The van der Waals surface area contributed by atoms with Gasteiger partial charge in [-0.1, -0.05) is 6.07 Å². The van der Waals surface area contributed by atoms with Crippen LogP contribution in [0.5, 0.6) is 0 Å². The SMILES string of the molecule is Cc1cccc(N2CC3(CCN(C(=O)c4cccnc4)C3)C2)n1.O=C(O)C(F)(F)F.O=C(O)C(F)(F)F. The minimum atomic E-state index is -5.08. The Morgan fingerprint density at radius 2 is 1.49 bits per heavy atom. The van der Waals surface area contributed by atoms with Crippen LogP contribution in [0.2, 0.25) is 0 Å². The summed E-state index contributed by atoms with van der Waals surface area (Å²) < 4.78 is 63.5. The number of nitrogens with zero attached hydrogens (tertiary/aromatic N) is 4. The van der Waals surface area contributed by atoms with E-state index in [0.717, 1.165) is 44.1 Å². The number of rotatable bonds is 2. The molecule has 2 fully saturated rings. The van der Waals surface area contributed by atoms with Crippen molar-refractivity contribution in [1.29, 1.82) is 0 Å². The van der Waals surface area contributed by atoms with E-state index < -0.39 is 24.3 Å². The number of amides is 1. The van der Waals surface area contributed by atoms with Gasteiger partial charge in [-0.05, 0) is 37.6 Å². The molecule has 4 heterocycles. The number of aliphatic carboxylic acids is 2. The number of carboxylic acids is 2. The summed E-state index contributed by atoms with van der Waals surface area (Å²) in [6.45, 7) is 5.66. The second-order valence-corrected chi connectivity index (χ2v) is 8.32. The van der Waals surface area contributed by atoms with Gasteiger partial charge in [0.2, 0.25) is 0 Å². The summed E-state index contributed by atoms with van der Waals surface area (Å²) in [6.07, 6.45) is -5.75. The molecule has 0 saturated carbocycles. The molecule has 2 aliphatic rings. The summed E-state index contributed by atoms with van der Waals surface area (Å²) in [4.78, 5) is 43.2.